The van der Waals surface area contributed by atoms with E-state index in [1.54, 1.807) is 14.2 Å². The zero-order valence-electron chi connectivity index (χ0n) is 15.0. The summed E-state index contributed by atoms with van der Waals surface area (Å²) in [7, 11) is 4.51. The van der Waals surface area contributed by atoms with Crippen LogP contribution >= 0.6 is 0 Å². The van der Waals surface area contributed by atoms with Gasteiger partial charge in [-0.05, 0) is 37.1 Å². The highest BCUT2D eigenvalue weighted by molar-refractivity contribution is 5.99. The van der Waals surface area contributed by atoms with Crippen molar-refractivity contribution in [2.75, 3.05) is 21.3 Å². The minimum atomic E-state index is -0.409. The molecule has 0 amide bonds. The van der Waals surface area contributed by atoms with E-state index in [-0.39, 0.29) is 0 Å². The first kappa shape index (κ1) is 16.9. The SMILES string of the molecule is COC(=O)c1c(C)c(C)n2c1-c1cc(OC)c(OC)cc1CC2C#N. The highest BCUT2D eigenvalue weighted by Crippen LogP contribution is 2.45. The molecule has 0 saturated carbocycles. The number of nitriles is 1. The van der Waals surface area contributed by atoms with Crippen LogP contribution in [0.4, 0.5) is 0 Å². The minimum absolute atomic E-state index is 0.391. The van der Waals surface area contributed by atoms with Gasteiger partial charge in [-0.2, -0.15) is 5.26 Å². The molecule has 3 rings (SSSR count). The van der Waals surface area contributed by atoms with Crippen LogP contribution in [-0.4, -0.2) is 31.9 Å². The fraction of sp³-hybridized carbons (Fsp3) is 0.368. The molecule has 6 nitrogen and oxygen atoms in total. The second kappa shape index (κ2) is 6.17. The van der Waals surface area contributed by atoms with Gasteiger partial charge in [0.2, 0.25) is 0 Å². The number of methoxy groups -OCH3 is 3. The Morgan fingerprint density at radius 3 is 2.40 bits per heavy atom. The number of hydrogen-bond donors (Lipinski definition) is 0. The molecule has 130 valence electrons. The van der Waals surface area contributed by atoms with E-state index in [0.717, 1.165) is 22.4 Å². The van der Waals surface area contributed by atoms with E-state index in [0.29, 0.717) is 29.2 Å². The molecule has 0 fully saturated rings. The summed E-state index contributed by atoms with van der Waals surface area (Å²) in [6.07, 6.45) is 0.536. The summed E-state index contributed by atoms with van der Waals surface area (Å²) in [6.45, 7) is 3.79. The van der Waals surface area contributed by atoms with Crippen molar-refractivity contribution in [3.8, 4) is 28.8 Å². The lowest BCUT2D eigenvalue weighted by Gasteiger charge is -2.27. The van der Waals surface area contributed by atoms with Crippen molar-refractivity contribution in [1.29, 1.82) is 5.26 Å². The topological polar surface area (TPSA) is 73.5 Å². The quantitative estimate of drug-likeness (QED) is 0.802. The first-order chi connectivity index (χ1) is 12.0. The van der Waals surface area contributed by atoms with Crippen LogP contribution < -0.4 is 9.47 Å². The zero-order chi connectivity index (χ0) is 18.3. The summed E-state index contributed by atoms with van der Waals surface area (Å²) in [5, 5.41) is 9.67. The van der Waals surface area contributed by atoms with Crippen molar-refractivity contribution < 1.29 is 19.0 Å². The summed E-state index contributed by atoms with van der Waals surface area (Å²) >= 11 is 0. The van der Waals surface area contributed by atoms with Gasteiger partial charge >= 0.3 is 5.97 Å². The van der Waals surface area contributed by atoms with Crippen LogP contribution in [0.5, 0.6) is 11.5 Å². The van der Waals surface area contributed by atoms with Gasteiger partial charge in [-0.1, -0.05) is 0 Å². The highest BCUT2D eigenvalue weighted by Gasteiger charge is 2.34. The number of carbonyl (C=O) groups is 1. The third kappa shape index (κ3) is 2.35. The number of fused-ring (bicyclic) bond motifs is 3. The van der Waals surface area contributed by atoms with E-state index < -0.39 is 12.0 Å². The Kier molecular flexibility index (Phi) is 4.17. The first-order valence-corrected chi connectivity index (χ1v) is 7.93. The predicted octanol–water partition coefficient (Wildman–Crippen LogP) is 3.20. The molecule has 0 spiro atoms. The molecule has 1 aromatic heterocycles. The van der Waals surface area contributed by atoms with Crippen molar-refractivity contribution >= 4 is 5.97 Å². The normalized spacial score (nSPS) is 15.0. The van der Waals surface area contributed by atoms with Crippen LogP contribution in [0.1, 0.15) is 33.2 Å². The average molecular weight is 340 g/mol. The molecule has 0 aliphatic carbocycles. The van der Waals surface area contributed by atoms with Crippen LogP contribution in [-0.2, 0) is 11.2 Å². The van der Waals surface area contributed by atoms with Gasteiger partial charge in [0.15, 0.2) is 11.5 Å². The fourth-order valence-corrected chi connectivity index (χ4v) is 3.55. The molecule has 2 heterocycles. The number of carbonyl (C=O) groups excluding carboxylic acids is 1. The maximum absolute atomic E-state index is 12.4. The summed E-state index contributed by atoms with van der Waals surface area (Å²) in [6, 6.07) is 5.69. The van der Waals surface area contributed by atoms with Crippen molar-refractivity contribution in [3.63, 3.8) is 0 Å². The standard InChI is InChI=1S/C19H20N2O4/c1-10-11(2)21-13(9-20)6-12-7-15(23-3)16(24-4)8-14(12)18(21)17(10)19(22)25-5/h7-8,13H,6H2,1-5H3. The monoisotopic (exact) mass is 340 g/mol. The molecule has 1 aliphatic heterocycles. The molecule has 25 heavy (non-hydrogen) atoms. The number of rotatable bonds is 3. The largest absolute Gasteiger partial charge is 0.493 e. The molecule has 1 unspecified atom stereocenters. The van der Waals surface area contributed by atoms with Gasteiger partial charge in [0.25, 0.3) is 0 Å². The summed E-state index contributed by atoms with van der Waals surface area (Å²) in [4.78, 5) is 12.4. The Labute approximate surface area is 146 Å². The van der Waals surface area contributed by atoms with E-state index in [9.17, 15) is 10.1 Å². The molecular formula is C19H20N2O4. The Morgan fingerprint density at radius 1 is 1.20 bits per heavy atom. The van der Waals surface area contributed by atoms with Crippen molar-refractivity contribution in [2.24, 2.45) is 0 Å². The van der Waals surface area contributed by atoms with E-state index in [2.05, 4.69) is 6.07 Å². The summed E-state index contributed by atoms with van der Waals surface area (Å²) in [5.41, 5.74) is 4.72. The minimum Gasteiger partial charge on any atom is -0.493 e. The third-order valence-corrected chi connectivity index (χ3v) is 4.88. The molecule has 0 bridgehead atoms. The first-order valence-electron chi connectivity index (χ1n) is 7.93. The molecule has 1 aliphatic rings. The Balaban J connectivity index is 2.40. The lowest BCUT2D eigenvalue weighted by atomic mass is 9.91. The number of aromatic nitrogens is 1. The van der Waals surface area contributed by atoms with Gasteiger partial charge in [-0.3, -0.25) is 0 Å². The number of benzene rings is 1. The van der Waals surface area contributed by atoms with Crippen molar-refractivity contribution in [3.05, 3.63) is 34.5 Å². The van der Waals surface area contributed by atoms with Gasteiger partial charge < -0.3 is 18.8 Å². The smallest absolute Gasteiger partial charge is 0.340 e. The third-order valence-electron chi connectivity index (χ3n) is 4.88. The maximum atomic E-state index is 12.4. The average Bonchev–Trinajstić information content (AvgIpc) is 2.90. The van der Waals surface area contributed by atoms with E-state index >= 15 is 0 Å². The second-order valence-electron chi connectivity index (χ2n) is 6.01. The van der Waals surface area contributed by atoms with Gasteiger partial charge in [-0.15, -0.1) is 0 Å². The predicted molar refractivity (Wildman–Crippen MR) is 92.1 cm³/mol. The molecule has 1 aromatic carbocycles. The van der Waals surface area contributed by atoms with E-state index in [1.165, 1.54) is 7.11 Å². The fourth-order valence-electron chi connectivity index (χ4n) is 3.55. The summed E-state index contributed by atoms with van der Waals surface area (Å²) < 4.78 is 17.7. The number of nitrogens with zero attached hydrogens (tertiary/aromatic N) is 2. The summed E-state index contributed by atoms with van der Waals surface area (Å²) in [5.74, 6) is 0.773. The Morgan fingerprint density at radius 2 is 1.84 bits per heavy atom. The van der Waals surface area contributed by atoms with E-state index in [1.807, 2.05) is 30.5 Å². The molecule has 0 saturated heterocycles. The molecule has 0 N–H and O–H groups in total. The number of ether oxygens (including phenoxy) is 3. The lowest BCUT2D eigenvalue weighted by Crippen LogP contribution is -2.19. The van der Waals surface area contributed by atoms with Crippen LogP contribution in [0.25, 0.3) is 11.3 Å². The number of esters is 1. The van der Waals surface area contributed by atoms with Gasteiger partial charge in [0.05, 0.1) is 38.7 Å². The highest BCUT2D eigenvalue weighted by atomic mass is 16.5. The zero-order valence-corrected chi connectivity index (χ0v) is 15.0. The number of hydrogen-bond acceptors (Lipinski definition) is 5. The van der Waals surface area contributed by atoms with Crippen LogP contribution in [0.15, 0.2) is 12.1 Å². The van der Waals surface area contributed by atoms with E-state index in [4.69, 9.17) is 14.2 Å². The van der Waals surface area contributed by atoms with Gasteiger partial charge in [-0.25, -0.2) is 4.79 Å². The van der Waals surface area contributed by atoms with Crippen molar-refractivity contribution in [2.45, 2.75) is 26.3 Å². The van der Waals surface area contributed by atoms with Gasteiger partial charge in [0, 0.05) is 17.7 Å². The lowest BCUT2D eigenvalue weighted by molar-refractivity contribution is 0.0601. The molecule has 1 atom stereocenters. The van der Waals surface area contributed by atoms with Crippen LogP contribution in [0.3, 0.4) is 0 Å². The van der Waals surface area contributed by atoms with Crippen LogP contribution in [0.2, 0.25) is 0 Å². The van der Waals surface area contributed by atoms with Crippen molar-refractivity contribution in [1.82, 2.24) is 4.57 Å². The van der Waals surface area contributed by atoms with Gasteiger partial charge in [0.1, 0.15) is 6.04 Å². The van der Waals surface area contributed by atoms with Crippen LogP contribution in [0, 0.1) is 25.2 Å². The molecule has 6 heteroatoms. The maximum Gasteiger partial charge on any atom is 0.340 e. The Hall–Kier alpha value is -2.94. The molecule has 2 aromatic rings. The second-order valence-corrected chi connectivity index (χ2v) is 6.01. The molecular weight excluding hydrogens is 320 g/mol. The molecule has 0 radical (unpaired) electrons. The Bertz CT molecular complexity index is 905.